The number of hydrogen-bond acceptors (Lipinski definition) is 3. The van der Waals surface area contributed by atoms with Crippen molar-refractivity contribution in [3.05, 3.63) is 72.1 Å². The van der Waals surface area contributed by atoms with Crippen LogP contribution in [0.3, 0.4) is 0 Å². The van der Waals surface area contributed by atoms with E-state index in [0.717, 1.165) is 37.8 Å². The molecule has 1 aliphatic carbocycles. The Balaban J connectivity index is 1.44. The van der Waals surface area contributed by atoms with E-state index in [1.165, 1.54) is 12.0 Å². The topological polar surface area (TPSA) is 67.5 Å². The van der Waals surface area contributed by atoms with Crippen LogP contribution in [0.25, 0.3) is 11.5 Å². The molecule has 0 unspecified atom stereocenters. The molecule has 1 fully saturated rings. The molecule has 0 saturated heterocycles. The fourth-order valence-electron chi connectivity index (χ4n) is 5.70. The lowest BCUT2D eigenvalue weighted by Gasteiger charge is -2.45. The molecule has 3 heterocycles. The van der Waals surface area contributed by atoms with E-state index < -0.39 is 5.54 Å². The molecule has 6 nitrogen and oxygen atoms in total. The fourth-order valence-corrected chi connectivity index (χ4v) is 5.70. The SMILES string of the molecule is C[C@@H]1CCCC[C@H]1NC(=O)[C@]1(C)Cn2c(ccc2-c2ccco2)C(=O)N1CCCc1ccccc1. The van der Waals surface area contributed by atoms with Crippen LogP contribution in [0.2, 0.25) is 0 Å². The van der Waals surface area contributed by atoms with E-state index in [0.29, 0.717) is 30.5 Å². The molecule has 0 bridgehead atoms. The van der Waals surface area contributed by atoms with E-state index in [4.69, 9.17) is 4.42 Å². The first-order valence-corrected chi connectivity index (χ1v) is 12.9. The number of aromatic nitrogens is 1. The molecular weight excluding hydrogens is 438 g/mol. The van der Waals surface area contributed by atoms with Crippen molar-refractivity contribution in [3.8, 4) is 11.5 Å². The van der Waals surface area contributed by atoms with Gasteiger partial charge in [0.2, 0.25) is 5.91 Å². The average Bonchev–Trinajstić information content (AvgIpc) is 3.53. The summed E-state index contributed by atoms with van der Waals surface area (Å²) in [6.07, 6.45) is 7.77. The smallest absolute Gasteiger partial charge is 0.271 e. The number of rotatable bonds is 7. The largest absolute Gasteiger partial charge is 0.463 e. The Labute approximate surface area is 207 Å². The molecule has 2 amide bonds. The summed E-state index contributed by atoms with van der Waals surface area (Å²) < 4.78 is 7.59. The molecule has 1 aliphatic heterocycles. The van der Waals surface area contributed by atoms with E-state index in [-0.39, 0.29) is 17.9 Å². The summed E-state index contributed by atoms with van der Waals surface area (Å²) in [5.74, 6) is 0.985. The minimum atomic E-state index is -0.988. The molecule has 0 spiro atoms. The van der Waals surface area contributed by atoms with E-state index >= 15 is 0 Å². The third-order valence-electron chi connectivity index (χ3n) is 7.89. The number of nitrogens with zero attached hydrogens (tertiary/aromatic N) is 2. The quantitative estimate of drug-likeness (QED) is 0.507. The van der Waals surface area contributed by atoms with Crippen LogP contribution in [-0.2, 0) is 17.8 Å². The molecule has 184 valence electrons. The van der Waals surface area contributed by atoms with Crippen LogP contribution in [0.4, 0.5) is 0 Å². The maximum absolute atomic E-state index is 13.9. The average molecular weight is 474 g/mol. The van der Waals surface area contributed by atoms with E-state index in [2.05, 4.69) is 24.4 Å². The van der Waals surface area contributed by atoms with Gasteiger partial charge >= 0.3 is 0 Å². The highest BCUT2D eigenvalue weighted by molar-refractivity contribution is 6.00. The molecule has 0 radical (unpaired) electrons. The Hall–Kier alpha value is -3.28. The Morgan fingerprint density at radius 1 is 1.06 bits per heavy atom. The number of fused-ring (bicyclic) bond motifs is 1. The van der Waals surface area contributed by atoms with Gasteiger partial charge in [0, 0.05) is 12.6 Å². The zero-order valence-corrected chi connectivity index (χ0v) is 20.7. The van der Waals surface area contributed by atoms with Crippen molar-refractivity contribution in [2.75, 3.05) is 6.54 Å². The normalized spacial score (nSPS) is 24.3. The van der Waals surface area contributed by atoms with Gasteiger partial charge in [-0.05, 0) is 68.4 Å². The molecule has 1 N–H and O–H groups in total. The molecule has 1 aromatic carbocycles. The molecule has 3 aromatic rings. The summed E-state index contributed by atoms with van der Waals surface area (Å²) in [6, 6.07) is 17.9. The van der Waals surface area contributed by atoms with Gasteiger partial charge in [0.05, 0.1) is 18.5 Å². The highest BCUT2D eigenvalue weighted by Gasteiger charge is 2.48. The highest BCUT2D eigenvalue weighted by Crippen LogP contribution is 2.34. The second kappa shape index (κ2) is 9.76. The van der Waals surface area contributed by atoms with E-state index in [1.807, 2.05) is 54.0 Å². The number of carbonyl (C=O) groups is 2. The molecule has 2 aromatic heterocycles. The van der Waals surface area contributed by atoms with Crippen molar-refractivity contribution in [2.45, 2.75) is 70.5 Å². The lowest BCUT2D eigenvalue weighted by molar-refractivity contribution is -0.134. The summed E-state index contributed by atoms with van der Waals surface area (Å²) in [5.41, 5.74) is 1.68. The maximum atomic E-state index is 13.9. The Morgan fingerprint density at radius 2 is 1.83 bits per heavy atom. The second-order valence-electron chi connectivity index (χ2n) is 10.3. The first kappa shape index (κ1) is 23.5. The molecule has 5 rings (SSSR count). The standard InChI is InChI=1S/C29H35N3O3/c1-21-10-6-7-14-23(21)30-28(34)29(2)20-31-24(26-15-9-19-35-26)16-17-25(31)27(33)32(29)18-8-13-22-11-4-3-5-12-22/h3-5,9,11-12,15-17,19,21,23H,6-8,10,13-14,18,20H2,1-2H3,(H,30,34)/t21-,23-,29+/m1/s1. The zero-order valence-electron chi connectivity index (χ0n) is 20.7. The van der Waals surface area contributed by atoms with E-state index in [9.17, 15) is 9.59 Å². The number of amides is 2. The Bertz CT molecular complexity index is 1170. The summed E-state index contributed by atoms with van der Waals surface area (Å²) in [4.78, 5) is 29.5. The van der Waals surface area contributed by atoms with Crippen molar-refractivity contribution in [1.82, 2.24) is 14.8 Å². The van der Waals surface area contributed by atoms with Crippen LogP contribution in [-0.4, -0.2) is 39.4 Å². The number of benzene rings is 1. The van der Waals surface area contributed by atoms with Gasteiger partial charge in [0.1, 0.15) is 17.0 Å². The Morgan fingerprint density at radius 3 is 2.57 bits per heavy atom. The first-order chi connectivity index (χ1) is 17.0. The fraction of sp³-hybridized carbons (Fsp3) is 0.448. The predicted octanol–water partition coefficient (Wildman–Crippen LogP) is 5.29. The van der Waals surface area contributed by atoms with Crippen molar-refractivity contribution in [1.29, 1.82) is 0 Å². The van der Waals surface area contributed by atoms with Crippen molar-refractivity contribution < 1.29 is 14.0 Å². The number of furan rings is 1. The highest BCUT2D eigenvalue weighted by atomic mass is 16.3. The molecule has 6 heteroatoms. The van der Waals surface area contributed by atoms with Gasteiger partial charge in [0.25, 0.3) is 5.91 Å². The zero-order chi connectivity index (χ0) is 24.4. The van der Waals surface area contributed by atoms with Gasteiger partial charge in [-0.15, -0.1) is 0 Å². The van der Waals surface area contributed by atoms with Gasteiger partial charge in [-0.3, -0.25) is 9.59 Å². The molecule has 35 heavy (non-hydrogen) atoms. The summed E-state index contributed by atoms with van der Waals surface area (Å²) in [7, 11) is 0. The molecule has 1 saturated carbocycles. The minimum Gasteiger partial charge on any atom is -0.463 e. The number of carbonyl (C=O) groups excluding carboxylic acids is 2. The lowest BCUT2D eigenvalue weighted by Crippen LogP contribution is -2.65. The third-order valence-corrected chi connectivity index (χ3v) is 7.89. The van der Waals surface area contributed by atoms with Crippen LogP contribution in [0.15, 0.2) is 65.3 Å². The van der Waals surface area contributed by atoms with Crippen molar-refractivity contribution in [3.63, 3.8) is 0 Å². The summed E-state index contributed by atoms with van der Waals surface area (Å²) in [5, 5.41) is 3.35. The summed E-state index contributed by atoms with van der Waals surface area (Å²) >= 11 is 0. The number of nitrogens with one attached hydrogen (secondary N) is 1. The predicted molar refractivity (Wildman–Crippen MR) is 136 cm³/mol. The number of aryl methyl sites for hydroxylation is 1. The van der Waals surface area contributed by atoms with Gasteiger partial charge in [-0.1, -0.05) is 50.1 Å². The first-order valence-electron chi connectivity index (χ1n) is 12.9. The second-order valence-corrected chi connectivity index (χ2v) is 10.3. The summed E-state index contributed by atoms with van der Waals surface area (Å²) in [6.45, 7) is 5.06. The number of hydrogen-bond donors (Lipinski definition) is 1. The van der Waals surface area contributed by atoms with Gasteiger partial charge < -0.3 is 19.2 Å². The van der Waals surface area contributed by atoms with Crippen LogP contribution in [0, 0.1) is 5.92 Å². The van der Waals surface area contributed by atoms with Crippen LogP contribution in [0.5, 0.6) is 0 Å². The minimum absolute atomic E-state index is 0.0611. The molecular formula is C29H35N3O3. The Kier molecular flexibility index (Phi) is 6.54. The van der Waals surface area contributed by atoms with E-state index in [1.54, 1.807) is 11.2 Å². The monoisotopic (exact) mass is 473 g/mol. The van der Waals surface area contributed by atoms with Crippen molar-refractivity contribution in [2.24, 2.45) is 5.92 Å². The van der Waals surface area contributed by atoms with Gasteiger partial charge in [0.15, 0.2) is 0 Å². The van der Waals surface area contributed by atoms with Crippen LogP contribution in [0.1, 0.15) is 62.0 Å². The molecule has 3 atom stereocenters. The van der Waals surface area contributed by atoms with Crippen LogP contribution >= 0.6 is 0 Å². The lowest BCUT2D eigenvalue weighted by atomic mass is 9.85. The third kappa shape index (κ3) is 4.54. The molecule has 2 aliphatic rings. The van der Waals surface area contributed by atoms with Crippen LogP contribution < -0.4 is 5.32 Å². The van der Waals surface area contributed by atoms with Gasteiger partial charge in [-0.2, -0.15) is 0 Å². The van der Waals surface area contributed by atoms with Crippen molar-refractivity contribution >= 4 is 11.8 Å². The van der Waals surface area contributed by atoms with Gasteiger partial charge in [-0.25, -0.2) is 0 Å². The maximum Gasteiger partial charge on any atom is 0.271 e.